The molecule has 1 heterocycles. The summed E-state index contributed by atoms with van der Waals surface area (Å²) in [6, 6.07) is 33.6. The van der Waals surface area contributed by atoms with Gasteiger partial charge in [0.2, 0.25) is 0 Å². The standard InChI is InChI=1S/C26H28N3.C7H8O3S/c1-4-28-24-17-16-22(21-12-8-6-9-13-21)20-25(24)29(5-2)26(28)18-19-27(3)23-14-10-7-11-15-23;1-6-2-4-7(5-3-6)11(8,9)10/h6-20H,4-5H2,1-3H3;2-5H,1H3,(H,8,9,10)/q+1;/p-1. The smallest absolute Gasteiger partial charge is 0.283 e. The van der Waals surface area contributed by atoms with E-state index in [1.807, 2.05) is 13.0 Å². The highest BCUT2D eigenvalue weighted by molar-refractivity contribution is 7.85. The molecule has 0 atom stereocenters. The summed E-state index contributed by atoms with van der Waals surface area (Å²) in [6.07, 6.45) is 4.38. The summed E-state index contributed by atoms with van der Waals surface area (Å²) in [5, 5.41) is 0. The van der Waals surface area contributed by atoms with Crippen LogP contribution in [0.25, 0.3) is 28.2 Å². The lowest BCUT2D eigenvalue weighted by Crippen LogP contribution is -2.35. The van der Waals surface area contributed by atoms with Crippen LogP contribution in [0.2, 0.25) is 0 Å². The van der Waals surface area contributed by atoms with Gasteiger partial charge in [0.15, 0.2) is 11.0 Å². The van der Waals surface area contributed by atoms with Crippen LogP contribution in [0.15, 0.2) is 114 Å². The van der Waals surface area contributed by atoms with Gasteiger partial charge >= 0.3 is 0 Å². The van der Waals surface area contributed by atoms with E-state index in [-0.39, 0.29) is 4.90 Å². The third-order valence-corrected chi connectivity index (χ3v) is 7.62. The molecule has 5 aromatic rings. The van der Waals surface area contributed by atoms with E-state index in [2.05, 4.69) is 120 Å². The van der Waals surface area contributed by atoms with Gasteiger partial charge in [-0.2, -0.15) is 0 Å². The van der Waals surface area contributed by atoms with Crippen LogP contribution in [-0.4, -0.2) is 24.6 Å². The maximum absolute atomic E-state index is 10.4. The molecule has 0 amide bonds. The average molecular weight is 554 g/mol. The minimum Gasteiger partial charge on any atom is -0.744 e. The molecule has 5 rings (SSSR count). The van der Waals surface area contributed by atoms with Crippen molar-refractivity contribution in [3.63, 3.8) is 0 Å². The summed E-state index contributed by atoms with van der Waals surface area (Å²) in [7, 11) is -2.18. The van der Waals surface area contributed by atoms with E-state index in [9.17, 15) is 13.0 Å². The van der Waals surface area contributed by atoms with E-state index in [4.69, 9.17) is 0 Å². The van der Waals surface area contributed by atoms with Gasteiger partial charge in [-0.3, -0.25) is 0 Å². The van der Waals surface area contributed by atoms with E-state index in [0.717, 1.165) is 18.7 Å². The number of aryl methyl sites for hydroxylation is 3. The third kappa shape index (κ3) is 6.68. The highest BCUT2D eigenvalue weighted by Gasteiger charge is 2.22. The van der Waals surface area contributed by atoms with Crippen LogP contribution in [0, 0.1) is 6.92 Å². The fourth-order valence-electron chi connectivity index (χ4n) is 4.65. The molecule has 40 heavy (non-hydrogen) atoms. The lowest BCUT2D eigenvalue weighted by molar-refractivity contribution is -0.670. The second kappa shape index (κ2) is 12.8. The van der Waals surface area contributed by atoms with Gasteiger partial charge in [-0.05, 0) is 74.4 Å². The first-order valence-corrected chi connectivity index (χ1v) is 14.7. The zero-order valence-corrected chi connectivity index (χ0v) is 24.2. The van der Waals surface area contributed by atoms with Crippen LogP contribution in [-0.2, 0) is 23.2 Å². The van der Waals surface area contributed by atoms with Crippen molar-refractivity contribution in [3.05, 3.63) is 121 Å². The van der Waals surface area contributed by atoms with Gasteiger partial charge in [-0.25, -0.2) is 17.6 Å². The van der Waals surface area contributed by atoms with Crippen molar-refractivity contribution in [1.82, 2.24) is 4.57 Å². The molecule has 0 fully saturated rings. The van der Waals surface area contributed by atoms with Gasteiger partial charge in [-0.1, -0.05) is 66.2 Å². The van der Waals surface area contributed by atoms with Gasteiger partial charge in [0.1, 0.15) is 10.1 Å². The topological polar surface area (TPSA) is 69.2 Å². The van der Waals surface area contributed by atoms with E-state index >= 15 is 0 Å². The SMILES string of the molecule is CCn1c(/C=C/N(C)c2ccccc2)[n+](CC)c2ccc(-c3ccccc3)cc21.Cc1ccc(S(=O)(=O)[O-])cc1. The van der Waals surface area contributed by atoms with Crippen LogP contribution >= 0.6 is 0 Å². The van der Waals surface area contributed by atoms with E-state index in [1.165, 1.54) is 45.8 Å². The fraction of sp³-hybridized carbons (Fsp3) is 0.182. The summed E-state index contributed by atoms with van der Waals surface area (Å²) in [5.41, 5.74) is 7.16. The normalized spacial score (nSPS) is 11.4. The van der Waals surface area contributed by atoms with Gasteiger partial charge in [0.25, 0.3) is 5.82 Å². The Kier molecular flexibility index (Phi) is 9.19. The second-order valence-electron chi connectivity index (χ2n) is 9.45. The first kappa shape index (κ1) is 28.8. The Morgan fingerprint density at radius 2 is 1.48 bits per heavy atom. The molecule has 7 heteroatoms. The molecular weight excluding hydrogens is 518 g/mol. The number of anilines is 1. The van der Waals surface area contributed by atoms with Gasteiger partial charge in [-0.15, -0.1) is 0 Å². The predicted octanol–water partition coefficient (Wildman–Crippen LogP) is 6.64. The Balaban J connectivity index is 0.000000283. The van der Waals surface area contributed by atoms with Crippen molar-refractivity contribution in [3.8, 4) is 11.1 Å². The molecule has 0 aliphatic heterocycles. The van der Waals surface area contributed by atoms with Crippen LogP contribution in [0.4, 0.5) is 5.69 Å². The number of nitrogens with zero attached hydrogens (tertiary/aromatic N) is 3. The van der Waals surface area contributed by atoms with Crippen LogP contribution in [0.3, 0.4) is 0 Å². The number of benzene rings is 4. The van der Waals surface area contributed by atoms with E-state index in [1.54, 1.807) is 12.1 Å². The molecule has 0 unspecified atom stereocenters. The van der Waals surface area contributed by atoms with Gasteiger partial charge in [0, 0.05) is 25.0 Å². The summed E-state index contributed by atoms with van der Waals surface area (Å²) >= 11 is 0. The van der Waals surface area contributed by atoms with Crippen molar-refractivity contribution in [1.29, 1.82) is 0 Å². The summed E-state index contributed by atoms with van der Waals surface area (Å²) in [5.74, 6) is 1.22. The van der Waals surface area contributed by atoms with E-state index in [0.29, 0.717) is 0 Å². The monoisotopic (exact) mass is 553 g/mol. The number of hydrogen-bond acceptors (Lipinski definition) is 4. The Labute approximate surface area is 237 Å². The number of aromatic nitrogens is 2. The van der Waals surface area contributed by atoms with Crippen LogP contribution in [0.1, 0.15) is 25.2 Å². The quantitative estimate of drug-likeness (QED) is 0.167. The molecule has 206 valence electrons. The Hall–Kier alpha value is -4.20. The zero-order chi connectivity index (χ0) is 28.7. The Morgan fingerprint density at radius 1 is 0.850 bits per heavy atom. The largest absolute Gasteiger partial charge is 0.744 e. The summed E-state index contributed by atoms with van der Waals surface area (Å²) < 4.78 is 36.0. The molecule has 0 N–H and O–H groups in total. The average Bonchev–Trinajstić information content (AvgIpc) is 3.28. The number of rotatable bonds is 7. The minimum absolute atomic E-state index is 0.178. The van der Waals surface area contributed by atoms with Crippen molar-refractivity contribution in [2.75, 3.05) is 11.9 Å². The molecule has 0 spiro atoms. The number of fused-ring (bicyclic) bond motifs is 1. The van der Waals surface area contributed by atoms with Gasteiger partial charge in [0.05, 0.1) is 18.0 Å². The van der Waals surface area contributed by atoms with Crippen LogP contribution < -0.4 is 9.47 Å². The third-order valence-electron chi connectivity index (χ3n) is 6.77. The lowest BCUT2D eigenvalue weighted by atomic mass is 10.1. The Morgan fingerprint density at radius 3 is 2.05 bits per heavy atom. The number of para-hydroxylation sites is 1. The van der Waals surface area contributed by atoms with E-state index < -0.39 is 10.1 Å². The molecular formula is C33H35N3O3S. The maximum Gasteiger partial charge on any atom is 0.283 e. The van der Waals surface area contributed by atoms with Crippen molar-refractivity contribution >= 4 is 32.9 Å². The van der Waals surface area contributed by atoms with Crippen LogP contribution in [0.5, 0.6) is 0 Å². The lowest BCUT2D eigenvalue weighted by Gasteiger charge is -2.13. The Bertz CT molecular complexity index is 1690. The second-order valence-corrected chi connectivity index (χ2v) is 10.8. The molecule has 0 bridgehead atoms. The fourth-order valence-corrected chi connectivity index (χ4v) is 5.12. The first-order valence-electron chi connectivity index (χ1n) is 13.3. The molecule has 1 aromatic heterocycles. The maximum atomic E-state index is 10.4. The molecule has 0 saturated carbocycles. The highest BCUT2D eigenvalue weighted by Crippen LogP contribution is 2.25. The molecule has 0 aliphatic carbocycles. The molecule has 6 nitrogen and oxygen atoms in total. The van der Waals surface area contributed by atoms with Crippen molar-refractivity contribution in [2.24, 2.45) is 0 Å². The molecule has 0 aliphatic rings. The molecule has 0 saturated heterocycles. The molecule has 4 aromatic carbocycles. The number of imidazole rings is 1. The van der Waals surface area contributed by atoms with Crippen molar-refractivity contribution in [2.45, 2.75) is 38.8 Å². The minimum atomic E-state index is -4.27. The van der Waals surface area contributed by atoms with Crippen molar-refractivity contribution < 1.29 is 17.5 Å². The number of hydrogen-bond donors (Lipinski definition) is 0. The summed E-state index contributed by atoms with van der Waals surface area (Å²) in [6.45, 7) is 8.11. The summed E-state index contributed by atoms with van der Waals surface area (Å²) in [4.78, 5) is 1.98. The predicted molar refractivity (Wildman–Crippen MR) is 162 cm³/mol. The first-order chi connectivity index (χ1) is 19.2. The highest BCUT2D eigenvalue weighted by atomic mass is 32.2. The molecule has 0 radical (unpaired) electrons. The van der Waals surface area contributed by atoms with Gasteiger partial charge < -0.3 is 9.45 Å². The zero-order valence-electron chi connectivity index (χ0n) is 23.4.